The lowest BCUT2D eigenvalue weighted by Gasteiger charge is -2.24. The van der Waals surface area contributed by atoms with Crippen LogP contribution in [0.2, 0.25) is 0 Å². The van der Waals surface area contributed by atoms with E-state index in [2.05, 4.69) is 0 Å². The van der Waals surface area contributed by atoms with Gasteiger partial charge in [0, 0.05) is 11.7 Å². The minimum absolute atomic E-state index is 0.272. The Balaban J connectivity index is 2.15. The quantitative estimate of drug-likeness (QED) is 0.763. The van der Waals surface area contributed by atoms with Crippen LogP contribution < -0.4 is 0 Å². The van der Waals surface area contributed by atoms with E-state index in [0.717, 1.165) is 16.5 Å². The number of aromatic nitrogens is 1. The summed E-state index contributed by atoms with van der Waals surface area (Å²) < 4.78 is 2.02. The third-order valence-corrected chi connectivity index (χ3v) is 3.62. The number of aliphatic hydroxyl groups excluding tert-OH is 2. The Kier molecular flexibility index (Phi) is 3.54. The van der Waals surface area contributed by atoms with Gasteiger partial charge in [-0.25, -0.2) is 0 Å². The summed E-state index contributed by atoms with van der Waals surface area (Å²) in [6, 6.07) is 19.5. The average Bonchev–Trinajstić information content (AvgIpc) is 2.92. The first kappa shape index (κ1) is 12.9. The first-order valence-electron chi connectivity index (χ1n) is 6.70. The predicted octanol–water partition coefficient (Wildman–Crippen LogP) is 2.58. The van der Waals surface area contributed by atoms with Crippen molar-refractivity contribution in [3.63, 3.8) is 0 Å². The highest BCUT2D eigenvalue weighted by Crippen LogP contribution is 2.27. The molecule has 3 heteroatoms. The van der Waals surface area contributed by atoms with Crippen molar-refractivity contribution in [2.45, 2.75) is 12.1 Å². The number of benzene rings is 2. The molecule has 2 unspecified atom stereocenters. The zero-order chi connectivity index (χ0) is 13.9. The van der Waals surface area contributed by atoms with Crippen LogP contribution in [0.15, 0.2) is 66.9 Å². The van der Waals surface area contributed by atoms with E-state index in [1.807, 2.05) is 71.4 Å². The van der Waals surface area contributed by atoms with Gasteiger partial charge in [0.25, 0.3) is 0 Å². The summed E-state index contributed by atoms with van der Waals surface area (Å²) in [7, 11) is 0. The standard InChI is InChI=1S/C17H17NO2/c19-12-16(20)17(14-7-2-1-3-8-14)18-11-10-13-6-4-5-9-15(13)18/h1-11,16-17,19-20H,12H2. The van der Waals surface area contributed by atoms with Gasteiger partial charge in [-0.2, -0.15) is 0 Å². The van der Waals surface area contributed by atoms with Crippen LogP contribution in [0.5, 0.6) is 0 Å². The van der Waals surface area contributed by atoms with Gasteiger partial charge in [0.1, 0.15) is 6.10 Å². The van der Waals surface area contributed by atoms with Gasteiger partial charge < -0.3 is 14.8 Å². The van der Waals surface area contributed by atoms with Gasteiger partial charge in [-0.05, 0) is 23.1 Å². The van der Waals surface area contributed by atoms with Crippen molar-refractivity contribution in [3.05, 3.63) is 72.4 Å². The Bertz CT molecular complexity index is 690. The summed E-state index contributed by atoms with van der Waals surface area (Å²) in [5.74, 6) is 0. The van der Waals surface area contributed by atoms with Gasteiger partial charge in [0.15, 0.2) is 0 Å². The second-order valence-electron chi connectivity index (χ2n) is 4.89. The molecule has 3 rings (SSSR count). The molecule has 0 aliphatic rings. The smallest absolute Gasteiger partial charge is 0.102 e. The van der Waals surface area contributed by atoms with Crippen LogP contribution >= 0.6 is 0 Å². The molecule has 0 fully saturated rings. The third-order valence-electron chi connectivity index (χ3n) is 3.62. The number of rotatable bonds is 4. The summed E-state index contributed by atoms with van der Waals surface area (Å²) in [5.41, 5.74) is 2.03. The molecule has 3 nitrogen and oxygen atoms in total. The Labute approximate surface area is 117 Å². The number of hydrogen-bond acceptors (Lipinski definition) is 2. The second kappa shape index (κ2) is 5.49. The average molecular weight is 267 g/mol. The predicted molar refractivity (Wildman–Crippen MR) is 79.6 cm³/mol. The highest BCUT2D eigenvalue weighted by atomic mass is 16.3. The molecule has 0 saturated heterocycles. The lowest BCUT2D eigenvalue weighted by Crippen LogP contribution is -2.27. The fourth-order valence-corrected chi connectivity index (χ4v) is 2.67. The molecule has 1 aromatic heterocycles. The Morgan fingerprint density at radius 1 is 0.900 bits per heavy atom. The molecule has 2 N–H and O–H groups in total. The number of hydrogen-bond donors (Lipinski definition) is 2. The Hall–Kier alpha value is -2.10. The molecule has 0 bridgehead atoms. The van der Waals surface area contributed by atoms with Crippen LogP contribution in [0, 0.1) is 0 Å². The molecule has 102 valence electrons. The number of aliphatic hydroxyl groups is 2. The zero-order valence-electron chi connectivity index (χ0n) is 11.1. The fraction of sp³-hybridized carbons (Fsp3) is 0.176. The molecule has 0 aliphatic heterocycles. The maximum absolute atomic E-state index is 10.2. The minimum Gasteiger partial charge on any atom is -0.394 e. The van der Waals surface area contributed by atoms with E-state index in [1.165, 1.54) is 0 Å². The highest BCUT2D eigenvalue weighted by molar-refractivity contribution is 5.80. The van der Waals surface area contributed by atoms with E-state index in [1.54, 1.807) is 0 Å². The van der Waals surface area contributed by atoms with Crippen LogP contribution in [-0.4, -0.2) is 27.5 Å². The lowest BCUT2D eigenvalue weighted by atomic mass is 10.0. The zero-order valence-corrected chi connectivity index (χ0v) is 11.1. The van der Waals surface area contributed by atoms with E-state index < -0.39 is 6.10 Å². The van der Waals surface area contributed by atoms with Crippen molar-refractivity contribution < 1.29 is 10.2 Å². The molecule has 20 heavy (non-hydrogen) atoms. The Morgan fingerprint density at radius 2 is 1.60 bits per heavy atom. The van der Waals surface area contributed by atoms with E-state index in [0.29, 0.717) is 0 Å². The number of fused-ring (bicyclic) bond motifs is 1. The summed E-state index contributed by atoms with van der Waals surface area (Å²) >= 11 is 0. The number of nitrogens with zero attached hydrogens (tertiary/aromatic N) is 1. The molecule has 2 aromatic carbocycles. The van der Waals surface area contributed by atoms with Gasteiger partial charge in [-0.15, -0.1) is 0 Å². The largest absolute Gasteiger partial charge is 0.394 e. The Morgan fingerprint density at radius 3 is 2.35 bits per heavy atom. The van der Waals surface area contributed by atoms with Crippen LogP contribution in [0.1, 0.15) is 11.6 Å². The van der Waals surface area contributed by atoms with Crippen molar-refractivity contribution in [1.82, 2.24) is 4.57 Å². The first-order valence-corrected chi connectivity index (χ1v) is 6.70. The summed E-state index contributed by atoms with van der Waals surface area (Å²) in [6.07, 6.45) is 1.12. The van der Waals surface area contributed by atoms with Crippen LogP contribution in [0.4, 0.5) is 0 Å². The third kappa shape index (κ3) is 2.22. The molecule has 0 radical (unpaired) electrons. The maximum atomic E-state index is 10.2. The van der Waals surface area contributed by atoms with Gasteiger partial charge in [-0.1, -0.05) is 48.5 Å². The van der Waals surface area contributed by atoms with Crippen LogP contribution in [0.3, 0.4) is 0 Å². The molecular weight excluding hydrogens is 250 g/mol. The molecule has 0 aliphatic carbocycles. The summed E-state index contributed by atoms with van der Waals surface area (Å²) in [6.45, 7) is -0.272. The van der Waals surface area contributed by atoms with E-state index >= 15 is 0 Å². The molecule has 0 amide bonds. The van der Waals surface area contributed by atoms with Crippen molar-refractivity contribution in [2.75, 3.05) is 6.61 Å². The maximum Gasteiger partial charge on any atom is 0.102 e. The topological polar surface area (TPSA) is 45.4 Å². The lowest BCUT2D eigenvalue weighted by molar-refractivity contribution is 0.0654. The van der Waals surface area contributed by atoms with Crippen molar-refractivity contribution in [1.29, 1.82) is 0 Å². The van der Waals surface area contributed by atoms with Crippen molar-refractivity contribution >= 4 is 10.9 Å². The number of para-hydroxylation sites is 1. The van der Waals surface area contributed by atoms with Crippen molar-refractivity contribution in [2.24, 2.45) is 0 Å². The summed E-state index contributed by atoms with van der Waals surface area (Å²) in [5, 5.41) is 20.7. The van der Waals surface area contributed by atoms with Gasteiger partial charge in [0.05, 0.1) is 12.6 Å². The fourth-order valence-electron chi connectivity index (χ4n) is 2.67. The van der Waals surface area contributed by atoms with Crippen LogP contribution in [-0.2, 0) is 0 Å². The molecule has 1 heterocycles. The molecule has 0 saturated carbocycles. The molecular formula is C17H17NO2. The van der Waals surface area contributed by atoms with Gasteiger partial charge in [0.2, 0.25) is 0 Å². The van der Waals surface area contributed by atoms with E-state index in [4.69, 9.17) is 0 Å². The molecule has 0 spiro atoms. The highest BCUT2D eigenvalue weighted by Gasteiger charge is 2.23. The normalized spacial score (nSPS) is 14.3. The van der Waals surface area contributed by atoms with Gasteiger partial charge >= 0.3 is 0 Å². The molecule has 2 atom stereocenters. The van der Waals surface area contributed by atoms with Crippen LogP contribution in [0.25, 0.3) is 10.9 Å². The second-order valence-corrected chi connectivity index (χ2v) is 4.89. The van der Waals surface area contributed by atoms with E-state index in [9.17, 15) is 10.2 Å². The van der Waals surface area contributed by atoms with E-state index in [-0.39, 0.29) is 12.6 Å². The first-order chi connectivity index (χ1) is 9.81. The van der Waals surface area contributed by atoms with Crippen molar-refractivity contribution in [3.8, 4) is 0 Å². The molecule has 3 aromatic rings. The minimum atomic E-state index is -0.840. The monoisotopic (exact) mass is 267 g/mol. The summed E-state index contributed by atoms with van der Waals surface area (Å²) in [4.78, 5) is 0. The SMILES string of the molecule is OCC(O)C(c1ccccc1)n1ccc2ccccc21. The van der Waals surface area contributed by atoms with Gasteiger partial charge in [-0.3, -0.25) is 0 Å².